The second kappa shape index (κ2) is 5.29. The Kier molecular flexibility index (Phi) is 3.96. The van der Waals surface area contributed by atoms with E-state index in [0.29, 0.717) is 0 Å². The molecule has 0 bridgehead atoms. The molecule has 0 saturated carbocycles. The second-order valence-corrected chi connectivity index (χ2v) is 5.18. The molecule has 1 aromatic carbocycles. The van der Waals surface area contributed by atoms with Crippen LogP contribution in [-0.4, -0.2) is 24.2 Å². The first-order valence-corrected chi connectivity index (χ1v) is 6.66. The summed E-state index contributed by atoms with van der Waals surface area (Å²) >= 11 is 7.01. The van der Waals surface area contributed by atoms with E-state index < -0.39 is 0 Å². The highest BCUT2D eigenvalue weighted by Gasteiger charge is 2.22. The summed E-state index contributed by atoms with van der Waals surface area (Å²) in [5, 5.41) is 3.90. The number of nitrogens with zero attached hydrogens (tertiary/aromatic N) is 2. The van der Waals surface area contributed by atoms with Crippen LogP contribution in [0, 0.1) is 0 Å². The minimum absolute atomic E-state index is 0.768. The Morgan fingerprint density at radius 2 is 1.82 bits per heavy atom. The summed E-state index contributed by atoms with van der Waals surface area (Å²) in [6, 6.07) is 8.02. The van der Waals surface area contributed by atoms with Crippen LogP contribution in [-0.2, 0) is 6.54 Å². The first-order valence-electron chi connectivity index (χ1n) is 5.07. The van der Waals surface area contributed by atoms with E-state index in [1.54, 1.807) is 7.11 Å². The van der Waals surface area contributed by atoms with E-state index in [1.807, 2.05) is 41.3 Å². The molecule has 1 heterocycles. The molecule has 0 aliphatic carbocycles. The number of benzene rings is 1. The van der Waals surface area contributed by atoms with Crippen molar-refractivity contribution in [1.82, 2.24) is 15.6 Å². The molecule has 17 heavy (non-hydrogen) atoms. The molecule has 0 atom stereocenters. The zero-order valence-corrected chi connectivity index (χ0v) is 12.7. The average Bonchev–Trinajstić information content (AvgIpc) is 2.58. The Morgan fingerprint density at radius 3 is 2.29 bits per heavy atom. The zero-order chi connectivity index (χ0) is 12.4. The van der Waals surface area contributed by atoms with Crippen LogP contribution in [0.5, 0.6) is 5.75 Å². The average molecular weight is 363 g/mol. The highest BCUT2D eigenvalue weighted by molar-refractivity contribution is 9.14. The monoisotopic (exact) mass is 361 g/mol. The van der Waals surface area contributed by atoms with Crippen molar-refractivity contribution in [2.75, 3.05) is 14.2 Å². The summed E-state index contributed by atoms with van der Waals surface area (Å²) in [6.45, 7) is 0.768. The van der Waals surface area contributed by atoms with Gasteiger partial charge in [0.2, 0.25) is 0 Å². The minimum atomic E-state index is 0.768. The Bertz CT molecular complexity index is 433. The van der Waals surface area contributed by atoms with Gasteiger partial charge in [-0.3, -0.25) is 10.0 Å². The molecule has 0 unspecified atom stereocenters. The van der Waals surface area contributed by atoms with Gasteiger partial charge in [-0.15, -0.1) is 5.53 Å². The van der Waals surface area contributed by atoms with Gasteiger partial charge < -0.3 is 4.74 Å². The van der Waals surface area contributed by atoms with Crippen LogP contribution in [0.2, 0.25) is 0 Å². The Balaban J connectivity index is 2.07. The van der Waals surface area contributed by atoms with Crippen molar-refractivity contribution >= 4 is 31.9 Å². The summed E-state index contributed by atoms with van der Waals surface area (Å²) in [5.41, 5.74) is 4.40. The maximum atomic E-state index is 5.13. The largest absolute Gasteiger partial charge is 0.497 e. The number of hydrazine groups is 2. The lowest BCUT2D eigenvalue weighted by molar-refractivity contribution is 0.151. The van der Waals surface area contributed by atoms with Gasteiger partial charge in [0.15, 0.2) is 0 Å². The van der Waals surface area contributed by atoms with Crippen molar-refractivity contribution in [3.05, 3.63) is 39.0 Å². The molecule has 1 N–H and O–H groups in total. The van der Waals surface area contributed by atoms with Crippen molar-refractivity contribution in [3.63, 3.8) is 0 Å². The number of hydrogen-bond donors (Lipinski definition) is 1. The molecular formula is C11H13Br2N3O. The van der Waals surface area contributed by atoms with E-state index >= 15 is 0 Å². The van der Waals surface area contributed by atoms with Crippen molar-refractivity contribution in [2.24, 2.45) is 0 Å². The topological polar surface area (TPSA) is 27.7 Å². The molecule has 0 saturated heterocycles. The Hall–Kier alpha value is -0.720. The number of halogens is 2. The molecule has 0 radical (unpaired) electrons. The normalized spacial score (nSPS) is 15.8. The first-order chi connectivity index (χ1) is 8.11. The third kappa shape index (κ3) is 2.75. The molecule has 4 nitrogen and oxygen atoms in total. The first kappa shape index (κ1) is 12.7. The highest BCUT2D eigenvalue weighted by atomic mass is 79.9. The molecule has 0 amide bonds. The van der Waals surface area contributed by atoms with Crippen LogP contribution in [0.15, 0.2) is 33.5 Å². The van der Waals surface area contributed by atoms with E-state index in [1.165, 1.54) is 5.56 Å². The predicted octanol–water partition coefficient (Wildman–Crippen LogP) is 2.78. The fourth-order valence-electron chi connectivity index (χ4n) is 1.54. The van der Waals surface area contributed by atoms with Crippen molar-refractivity contribution in [1.29, 1.82) is 0 Å². The lowest BCUT2D eigenvalue weighted by Gasteiger charge is -2.20. The number of methoxy groups -OCH3 is 1. The van der Waals surface area contributed by atoms with E-state index in [0.717, 1.165) is 21.5 Å². The molecule has 0 aromatic heterocycles. The number of ether oxygens (including phenoxy) is 1. The molecule has 0 fully saturated rings. The number of rotatable bonds is 3. The van der Waals surface area contributed by atoms with Crippen molar-refractivity contribution < 1.29 is 4.74 Å². The predicted molar refractivity (Wildman–Crippen MR) is 74.3 cm³/mol. The quantitative estimate of drug-likeness (QED) is 0.837. The van der Waals surface area contributed by atoms with Crippen molar-refractivity contribution in [2.45, 2.75) is 6.54 Å². The molecule has 1 aliphatic rings. The fraction of sp³-hybridized carbons (Fsp3) is 0.273. The van der Waals surface area contributed by atoms with Crippen LogP contribution in [0.3, 0.4) is 0 Å². The van der Waals surface area contributed by atoms with Crippen LogP contribution in [0.4, 0.5) is 0 Å². The minimum Gasteiger partial charge on any atom is -0.497 e. The number of nitrogens with one attached hydrogen (secondary N) is 1. The van der Waals surface area contributed by atoms with Gasteiger partial charge in [0, 0.05) is 7.05 Å². The number of hydrogen-bond acceptors (Lipinski definition) is 4. The maximum Gasteiger partial charge on any atom is 0.129 e. The fourth-order valence-corrected chi connectivity index (χ4v) is 2.30. The van der Waals surface area contributed by atoms with E-state index in [2.05, 4.69) is 37.4 Å². The van der Waals surface area contributed by atoms with E-state index in [9.17, 15) is 0 Å². The maximum absolute atomic E-state index is 5.13. The summed E-state index contributed by atoms with van der Waals surface area (Å²) in [7, 11) is 3.61. The molecule has 0 spiro atoms. The van der Waals surface area contributed by atoms with Crippen LogP contribution < -0.4 is 10.3 Å². The molecule has 1 aliphatic heterocycles. The molecule has 2 rings (SSSR count). The Morgan fingerprint density at radius 1 is 1.18 bits per heavy atom. The summed E-state index contributed by atoms with van der Waals surface area (Å²) < 4.78 is 7.09. The molecule has 92 valence electrons. The van der Waals surface area contributed by atoms with Crippen LogP contribution >= 0.6 is 31.9 Å². The third-order valence-corrected chi connectivity index (χ3v) is 4.72. The summed E-state index contributed by atoms with van der Waals surface area (Å²) in [5.74, 6) is 0.871. The highest BCUT2D eigenvalue weighted by Crippen LogP contribution is 2.29. The van der Waals surface area contributed by atoms with Crippen molar-refractivity contribution in [3.8, 4) is 5.75 Å². The smallest absolute Gasteiger partial charge is 0.129 e. The van der Waals surface area contributed by atoms with Crippen LogP contribution in [0.1, 0.15) is 5.56 Å². The molecular weight excluding hydrogens is 350 g/mol. The third-order valence-electron chi connectivity index (χ3n) is 2.47. The van der Waals surface area contributed by atoms with Gasteiger partial charge in [0.05, 0.1) is 13.7 Å². The zero-order valence-electron chi connectivity index (χ0n) is 9.58. The van der Waals surface area contributed by atoms with E-state index in [4.69, 9.17) is 4.74 Å². The lowest BCUT2D eigenvalue weighted by Crippen LogP contribution is -2.37. The van der Waals surface area contributed by atoms with Gasteiger partial charge in [0.25, 0.3) is 0 Å². The molecule has 6 heteroatoms. The standard InChI is InChI=1S/C11H13Br2N3O/c1-15-10(12)11(13)16(14-15)7-8-3-5-9(17-2)6-4-8/h3-6,14H,7H2,1-2H3. The lowest BCUT2D eigenvalue weighted by atomic mass is 10.2. The van der Waals surface area contributed by atoms with Gasteiger partial charge in [-0.1, -0.05) is 12.1 Å². The van der Waals surface area contributed by atoms with Crippen LogP contribution in [0.25, 0.3) is 0 Å². The summed E-state index contributed by atoms with van der Waals surface area (Å²) in [6.07, 6.45) is 0. The summed E-state index contributed by atoms with van der Waals surface area (Å²) in [4.78, 5) is 0. The Labute approximate surface area is 117 Å². The van der Waals surface area contributed by atoms with Gasteiger partial charge in [-0.05, 0) is 49.6 Å². The SMILES string of the molecule is COc1ccc(CN2NN(C)C(Br)=C2Br)cc1. The van der Waals surface area contributed by atoms with Gasteiger partial charge in [-0.25, -0.2) is 0 Å². The van der Waals surface area contributed by atoms with Gasteiger partial charge >= 0.3 is 0 Å². The van der Waals surface area contributed by atoms with Gasteiger partial charge in [0.1, 0.15) is 15.0 Å². The molecule has 1 aromatic rings. The van der Waals surface area contributed by atoms with E-state index in [-0.39, 0.29) is 0 Å². The van der Waals surface area contributed by atoms with Gasteiger partial charge in [-0.2, -0.15) is 0 Å². The second-order valence-electron chi connectivity index (χ2n) is 3.67.